The van der Waals surface area contributed by atoms with Gasteiger partial charge in [-0.2, -0.15) is 0 Å². The van der Waals surface area contributed by atoms with Gasteiger partial charge in [-0.05, 0) is 73.9 Å². The van der Waals surface area contributed by atoms with Crippen LogP contribution in [-0.2, 0) is 22.4 Å². The Hall–Kier alpha value is -4.08. The molecule has 0 saturated heterocycles. The Morgan fingerprint density at radius 2 is 1.11 bits per heavy atom. The fourth-order valence-corrected chi connectivity index (χ4v) is 4.92. The Balaban J connectivity index is 1.96. The number of benzene rings is 2. The van der Waals surface area contributed by atoms with Gasteiger partial charge in [0.05, 0.1) is 11.1 Å². The number of phenolic OH excluding ortho intramolecular Hbond substituents is 2. The topological polar surface area (TPSA) is 157 Å². The molecule has 2 unspecified atom stereocenters. The smallest absolute Gasteiger partial charge is 0.273 e. The van der Waals surface area contributed by atoms with E-state index in [0.717, 1.165) is 75.3 Å². The lowest BCUT2D eigenvalue weighted by atomic mass is 9.90. The molecular formula is C34H50N4O6. The molecule has 0 aromatic heterocycles. The van der Waals surface area contributed by atoms with Crippen molar-refractivity contribution in [2.45, 2.75) is 105 Å². The van der Waals surface area contributed by atoms with Crippen LogP contribution in [0.2, 0.25) is 0 Å². The zero-order valence-corrected chi connectivity index (χ0v) is 26.6. The van der Waals surface area contributed by atoms with Crippen LogP contribution in [0.1, 0.15) is 124 Å². The number of amides is 4. The van der Waals surface area contributed by atoms with Crippen molar-refractivity contribution in [2.75, 3.05) is 0 Å². The molecule has 2 aromatic carbocycles. The van der Waals surface area contributed by atoms with Crippen molar-refractivity contribution in [1.29, 1.82) is 0 Å². The average molecular weight is 611 g/mol. The third-order valence-electron chi connectivity index (χ3n) is 7.71. The summed E-state index contributed by atoms with van der Waals surface area (Å²) in [6.07, 6.45) is 10.0. The number of carbonyl (C=O) groups excluding carboxylic acids is 4. The van der Waals surface area contributed by atoms with E-state index in [0.29, 0.717) is 6.42 Å². The van der Waals surface area contributed by atoms with Crippen LogP contribution in [-0.4, -0.2) is 33.8 Å². The number of rotatable bonds is 17. The summed E-state index contributed by atoms with van der Waals surface area (Å²) in [5.74, 6) is -3.75. The number of aromatic hydroxyl groups is 2. The van der Waals surface area contributed by atoms with E-state index in [9.17, 15) is 29.4 Å². The normalized spacial score (nSPS) is 12.2. The summed E-state index contributed by atoms with van der Waals surface area (Å²) >= 11 is 0. The van der Waals surface area contributed by atoms with E-state index in [2.05, 4.69) is 42.5 Å². The predicted octanol–water partition coefficient (Wildman–Crippen LogP) is 5.62. The quantitative estimate of drug-likeness (QED) is 0.101. The highest BCUT2D eigenvalue weighted by Gasteiger charge is 2.26. The first-order valence-corrected chi connectivity index (χ1v) is 15.9. The highest BCUT2D eigenvalue weighted by atomic mass is 16.3. The maximum atomic E-state index is 13.1. The first-order valence-electron chi connectivity index (χ1n) is 15.9. The van der Waals surface area contributed by atoms with Gasteiger partial charge in [-0.25, -0.2) is 0 Å². The summed E-state index contributed by atoms with van der Waals surface area (Å²) in [7, 11) is 0. The van der Waals surface area contributed by atoms with Gasteiger partial charge >= 0.3 is 0 Å². The average Bonchev–Trinajstić information content (AvgIpc) is 3.01. The lowest BCUT2D eigenvalue weighted by molar-refractivity contribution is -0.129. The van der Waals surface area contributed by atoms with Crippen LogP contribution in [0.4, 0.5) is 0 Å². The van der Waals surface area contributed by atoms with Crippen LogP contribution in [0.5, 0.6) is 11.5 Å². The van der Waals surface area contributed by atoms with Crippen molar-refractivity contribution in [3.8, 4) is 11.5 Å². The SMILES string of the molecule is CCCCCCC(CC(C)C(=O)NNC(=O)c1ccc(CCCC)cc1O)C(=O)NNC(=O)c1ccc(CCCC)cc1O. The fraction of sp³-hybridized carbons (Fsp3) is 0.529. The second-order valence-corrected chi connectivity index (χ2v) is 11.5. The van der Waals surface area contributed by atoms with Crippen LogP contribution in [0.15, 0.2) is 36.4 Å². The Labute approximate surface area is 261 Å². The summed E-state index contributed by atoms with van der Waals surface area (Å²) in [4.78, 5) is 51.2. The molecule has 4 amide bonds. The molecule has 0 spiro atoms. The van der Waals surface area contributed by atoms with Crippen LogP contribution in [0, 0.1) is 11.8 Å². The van der Waals surface area contributed by atoms with Gasteiger partial charge in [0.25, 0.3) is 11.8 Å². The van der Waals surface area contributed by atoms with Gasteiger partial charge in [0.2, 0.25) is 11.8 Å². The highest BCUT2D eigenvalue weighted by Crippen LogP contribution is 2.23. The molecule has 2 atom stereocenters. The first-order chi connectivity index (χ1) is 21.1. The molecule has 0 radical (unpaired) electrons. The van der Waals surface area contributed by atoms with Crippen molar-refractivity contribution < 1.29 is 29.4 Å². The zero-order chi connectivity index (χ0) is 32.5. The van der Waals surface area contributed by atoms with Gasteiger partial charge in [0.1, 0.15) is 11.5 Å². The first kappa shape index (κ1) is 36.1. The molecule has 10 nitrogen and oxygen atoms in total. The van der Waals surface area contributed by atoms with Gasteiger partial charge in [0.15, 0.2) is 0 Å². The van der Waals surface area contributed by atoms with E-state index in [-0.39, 0.29) is 29.0 Å². The third-order valence-corrected chi connectivity index (χ3v) is 7.71. The molecule has 0 aliphatic rings. The van der Waals surface area contributed by atoms with Gasteiger partial charge in [-0.3, -0.25) is 40.9 Å². The van der Waals surface area contributed by atoms with Crippen molar-refractivity contribution in [2.24, 2.45) is 11.8 Å². The minimum Gasteiger partial charge on any atom is -0.507 e. The number of phenols is 2. The third kappa shape index (κ3) is 11.9. The van der Waals surface area contributed by atoms with Gasteiger partial charge in [-0.1, -0.05) is 78.4 Å². The van der Waals surface area contributed by atoms with Crippen molar-refractivity contribution in [1.82, 2.24) is 21.7 Å². The number of unbranched alkanes of at least 4 members (excludes halogenated alkanes) is 5. The summed E-state index contributed by atoms with van der Waals surface area (Å²) in [5.41, 5.74) is 11.5. The van der Waals surface area contributed by atoms with Crippen molar-refractivity contribution >= 4 is 23.6 Å². The molecule has 0 bridgehead atoms. The van der Waals surface area contributed by atoms with E-state index in [4.69, 9.17) is 0 Å². The molecule has 2 rings (SSSR count). The van der Waals surface area contributed by atoms with Crippen LogP contribution in [0.3, 0.4) is 0 Å². The minimum absolute atomic E-state index is 0.0451. The highest BCUT2D eigenvalue weighted by molar-refractivity contribution is 5.98. The molecule has 0 saturated carbocycles. The molecule has 0 aliphatic heterocycles. The summed E-state index contributed by atoms with van der Waals surface area (Å²) < 4.78 is 0. The lowest BCUT2D eigenvalue weighted by Crippen LogP contribution is -2.47. The molecule has 10 heteroatoms. The summed E-state index contributed by atoms with van der Waals surface area (Å²) in [6.45, 7) is 7.90. The van der Waals surface area contributed by atoms with Gasteiger partial charge in [0, 0.05) is 11.8 Å². The molecule has 6 N–H and O–H groups in total. The largest absolute Gasteiger partial charge is 0.507 e. The summed E-state index contributed by atoms with van der Waals surface area (Å²) in [5, 5.41) is 20.6. The maximum absolute atomic E-state index is 13.1. The van der Waals surface area contributed by atoms with E-state index in [1.165, 1.54) is 12.1 Å². The summed E-state index contributed by atoms with van der Waals surface area (Å²) in [6, 6.07) is 9.73. The van der Waals surface area contributed by atoms with Gasteiger partial charge in [-0.15, -0.1) is 0 Å². The van der Waals surface area contributed by atoms with E-state index < -0.39 is 35.5 Å². The molecule has 44 heavy (non-hydrogen) atoms. The Morgan fingerprint density at radius 1 is 0.636 bits per heavy atom. The number of hydrazine groups is 2. The molecule has 0 fully saturated rings. The standard InChI is InChI=1S/C34H50N4O6/c1-5-8-11-12-15-26(32(42)36-38-34(44)28-19-17-25(14-10-7-3)22-30(28)40)20-23(4)31(41)35-37-33(43)27-18-16-24(13-9-6-2)21-29(27)39/h16-19,21-23,26,39-40H,5-15,20H2,1-4H3,(H,35,41)(H,36,42)(H,37,43)(H,38,44). The number of hydrogen-bond acceptors (Lipinski definition) is 6. The predicted molar refractivity (Wildman–Crippen MR) is 171 cm³/mol. The fourth-order valence-electron chi connectivity index (χ4n) is 4.92. The second kappa shape index (κ2) is 19.2. The Kier molecular flexibility index (Phi) is 15.8. The molecule has 242 valence electrons. The molecular weight excluding hydrogens is 560 g/mol. The van der Waals surface area contributed by atoms with Crippen molar-refractivity contribution in [3.05, 3.63) is 58.7 Å². The number of hydrogen-bond donors (Lipinski definition) is 6. The van der Waals surface area contributed by atoms with Crippen LogP contribution in [0.25, 0.3) is 0 Å². The second-order valence-electron chi connectivity index (χ2n) is 11.5. The van der Waals surface area contributed by atoms with E-state index in [1.54, 1.807) is 31.2 Å². The van der Waals surface area contributed by atoms with Crippen molar-refractivity contribution in [3.63, 3.8) is 0 Å². The Bertz CT molecular complexity index is 1250. The van der Waals surface area contributed by atoms with E-state index in [1.807, 2.05) is 0 Å². The monoisotopic (exact) mass is 610 g/mol. The van der Waals surface area contributed by atoms with E-state index >= 15 is 0 Å². The lowest BCUT2D eigenvalue weighted by Gasteiger charge is -2.21. The van der Waals surface area contributed by atoms with Crippen LogP contribution < -0.4 is 21.7 Å². The molecule has 0 heterocycles. The number of aryl methyl sites for hydroxylation is 2. The molecule has 2 aromatic rings. The zero-order valence-electron chi connectivity index (χ0n) is 26.6. The Morgan fingerprint density at radius 3 is 1.57 bits per heavy atom. The maximum Gasteiger partial charge on any atom is 0.273 e. The van der Waals surface area contributed by atoms with Gasteiger partial charge < -0.3 is 10.2 Å². The number of nitrogens with one attached hydrogen (secondary N) is 4. The number of carbonyl (C=O) groups is 4. The minimum atomic E-state index is -0.650. The molecule has 0 aliphatic carbocycles. The van der Waals surface area contributed by atoms with Crippen LogP contribution >= 0.6 is 0 Å².